The van der Waals surface area contributed by atoms with Crippen LogP contribution in [-0.4, -0.2) is 42.7 Å². The number of aromatic nitrogens is 2. The number of hydrogen-bond acceptors (Lipinski definition) is 5. The number of hydrogen-bond donors (Lipinski definition) is 1. The minimum Gasteiger partial charge on any atom is -0.360 e. The maximum absolute atomic E-state index is 5.86. The second-order valence-electron chi connectivity index (χ2n) is 4.83. The molecule has 0 aromatic carbocycles. The van der Waals surface area contributed by atoms with Crippen molar-refractivity contribution in [2.75, 3.05) is 36.5 Å². The number of nitrogens with two attached hydrogens (primary N) is 1. The van der Waals surface area contributed by atoms with E-state index in [1.54, 1.807) is 6.33 Å². The molecule has 2 N–H and O–H groups in total. The number of anilines is 2. The van der Waals surface area contributed by atoms with Gasteiger partial charge in [0.05, 0.1) is 0 Å². The zero-order chi connectivity index (χ0) is 13.0. The summed E-state index contributed by atoms with van der Waals surface area (Å²) in [5, 5.41) is 0. The van der Waals surface area contributed by atoms with Crippen LogP contribution in [0.25, 0.3) is 0 Å². The average molecular weight is 249 g/mol. The van der Waals surface area contributed by atoms with Crippen LogP contribution in [0.4, 0.5) is 11.6 Å². The highest BCUT2D eigenvalue weighted by Crippen LogP contribution is 2.24. The van der Waals surface area contributed by atoms with Crippen molar-refractivity contribution in [3.63, 3.8) is 0 Å². The first-order chi connectivity index (χ1) is 8.76. The van der Waals surface area contributed by atoms with Gasteiger partial charge in [0.1, 0.15) is 18.0 Å². The summed E-state index contributed by atoms with van der Waals surface area (Å²) in [5.74, 6) is 1.99. The molecule has 2 heterocycles. The molecule has 0 spiro atoms. The van der Waals surface area contributed by atoms with Crippen molar-refractivity contribution in [2.24, 2.45) is 5.73 Å². The molecule has 5 nitrogen and oxygen atoms in total. The van der Waals surface area contributed by atoms with Crippen LogP contribution in [0.5, 0.6) is 0 Å². The van der Waals surface area contributed by atoms with Gasteiger partial charge in [-0.2, -0.15) is 0 Å². The molecular formula is C13H23N5. The first-order valence-electron chi connectivity index (χ1n) is 6.76. The van der Waals surface area contributed by atoms with E-state index in [4.69, 9.17) is 5.73 Å². The van der Waals surface area contributed by atoms with Crippen molar-refractivity contribution in [3.05, 3.63) is 12.4 Å². The standard InChI is InChI=1S/C13H23N5/c1-3-17(2)12-8-13(16-10-15-12)18-7-5-4-6-11(18)9-14/h8,10-11H,3-7,9,14H2,1-2H3. The molecule has 0 amide bonds. The van der Waals surface area contributed by atoms with E-state index in [0.717, 1.165) is 24.7 Å². The lowest BCUT2D eigenvalue weighted by Gasteiger charge is -2.36. The van der Waals surface area contributed by atoms with E-state index >= 15 is 0 Å². The predicted octanol–water partition coefficient (Wildman–Crippen LogP) is 1.25. The fraction of sp³-hybridized carbons (Fsp3) is 0.692. The normalized spacial score (nSPS) is 19.9. The van der Waals surface area contributed by atoms with E-state index in [9.17, 15) is 0 Å². The van der Waals surface area contributed by atoms with Gasteiger partial charge in [-0.15, -0.1) is 0 Å². The Balaban J connectivity index is 2.21. The maximum Gasteiger partial charge on any atom is 0.134 e. The molecular weight excluding hydrogens is 226 g/mol. The Bertz CT molecular complexity index is 381. The van der Waals surface area contributed by atoms with Gasteiger partial charge in [-0.1, -0.05) is 0 Å². The fourth-order valence-corrected chi connectivity index (χ4v) is 2.41. The summed E-state index contributed by atoms with van der Waals surface area (Å²) in [6.45, 7) is 4.80. The molecule has 0 saturated carbocycles. The Labute approximate surface area is 109 Å². The molecule has 5 heteroatoms. The van der Waals surface area contributed by atoms with Crippen LogP contribution >= 0.6 is 0 Å². The van der Waals surface area contributed by atoms with Gasteiger partial charge in [0.2, 0.25) is 0 Å². The lowest BCUT2D eigenvalue weighted by atomic mass is 10.0. The van der Waals surface area contributed by atoms with Crippen LogP contribution in [0.1, 0.15) is 26.2 Å². The number of piperidine rings is 1. The summed E-state index contributed by atoms with van der Waals surface area (Å²) in [7, 11) is 2.04. The Hall–Kier alpha value is -1.36. The first kappa shape index (κ1) is 13.1. The minimum absolute atomic E-state index is 0.424. The quantitative estimate of drug-likeness (QED) is 0.870. The van der Waals surface area contributed by atoms with Gasteiger partial charge in [0, 0.05) is 38.8 Å². The highest BCUT2D eigenvalue weighted by molar-refractivity contribution is 5.50. The molecule has 1 aliphatic heterocycles. The van der Waals surface area contributed by atoms with Crippen molar-refractivity contribution >= 4 is 11.6 Å². The third-order valence-electron chi connectivity index (χ3n) is 3.70. The predicted molar refractivity (Wildman–Crippen MR) is 75.0 cm³/mol. The van der Waals surface area contributed by atoms with Gasteiger partial charge < -0.3 is 15.5 Å². The summed E-state index contributed by atoms with van der Waals surface area (Å²) in [4.78, 5) is 13.2. The van der Waals surface area contributed by atoms with Gasteiger partial charge in [-0.3, -0.25) is 0 Å². The second kappa shape index (κ2) is 6.00. The molecule has 1 fully saturated rings. The van der Waals surface area contributed by atoms with E-state index in [-0.39, 0.29) is 0 Å². The summed E-state index contributed by atoms with van der Waals surface area (Å²) in [6.07, 6.45) is 5.31. The lowest BCUT2D eigenvalue weighted by molar-refractivity contribution is 0.462. The van der Waals surface area contributed by atoms with Gasteiger partial charge in [0.25, 0.3) is 0 Å². The van der Waals surface area contributed by atoms with Crippen molar-refractivity contribution in [3.8, 4) is 0 Å². The molecule has 1 aliphatic rings. The molecule has 1 unspecified atom stereocenters. The highest BCUT2D eigenvalue weighted by Gasteiger charge is 2.22. The van der Waals surface area contributed by atoms with Crippen LogP contribution in [0.2, 0.25) is 0 Å². The SMILES string of the molecule is CCN(C)c1cc(N2CCCCC2CN)ncn1. The van der Waals surface area contributed by atoms with Crippen molar-refractivity contribution < 1.29 is 0 Å². The largest absolute Gasteiger partial charge is 0.360 e. The van der Waals surface area contributed by atoms with Crippen molar-refractivity contribution in [1.29, 1.82) is 0 Å². The van der Waals surface area contributed by atoms with E-state index < -0.39 is 0 Å². The van der Waals surface area contributed by atoms with Gasteiger partial charge >= 0.3 is 0 Å². The zero-order valence-corrected chi connectivity index (χ0v) is 11.3. The molecule has 2 rings (SSSR count). The Morgan fingerprint density at radius 1 is 1.44 bits per heavy atom. The third kappa shape index (κ3) is 2.72. The van der Waals surface area contributed by atoms with Crippen LogP contribution in [0, 0.1) is 0 Å². The van der Waals surface area contributed by atoms with Crippen molar-refractivity contribution in [2.45, 2.75) is 32.2 Å². The number of nitrogens with zero attached hydrogens (tertiary/aromatic N) is 4. The van der Waals surface area contributed by atoms with Crippen LogP contribution < -0.4 is 15.5 Å². The van der Waals surface area contributed by atoms with Gasteiger partial charge in [-0.25, -0.2) is 9.97 Å². The molecule has 1 aromatic rings. The van der Waals surface area contributed by atoms with Crippen molar-refractivity contribution in [1.82, 2.24) is 9.97 Å². The smallest absolute Gasteiger partial charge is 0.134 e. The zero-order valence-electron chi connectivity index (χ0n) is 11.3. The molecule has 0 aliphatic carbocycles. The van der Waals surface area contributed by atoms with Gasteiger partial charge in [-0.05, 0) is 26.2 Å². The summed E-state index contributed by atoms with van der Waals surface area (Å²) < 4.78 is 0. The molecule has 1 aromatic heterocycles. The van der Waals surface area contributed by atoms with E-state index in [2.05, 4.69) is 32.8 Å². The monoisotopic (exact) mass is 249 g/mol. The van der Waals surface area contributed by atoms with E-state index in [1.807, 2.05) is 7.05 Å². The topological polar surface area (TPSA) is 58.3 Å². The summed E-state index contributed by atoms with van der Waals surface area (Å²) in [6, 6.07) is 2.49. The molecule has 1 atom stereocenters. The first-order valence-corrected chi connectivity index (χ1v) is 6.76. The number of rotatable bonds is 4. The molecule has 0 radical (unpaired) electrons. The average Bonchev–Trinajstić information content (AvgIpc) is 2.46. The van der Waals surface area contributed by atoms with E-state index in [1.165, 1.54) is 19.3 Å². The Morgan fingerprint density at radius 3 is 3.00 bits per heavy atom. The highest BCUT2D eigenvalue weighted by atomic mass is 15.2. The lowest BCUT2D eigenvalue weighted by Crippen LogP contribution is -2.44. The van der Waals surface area contributed by atoms with Crippen LogP contribution in [-0.2, 0) is 0 Å². The molecule has 100 valence electrons. The van der Waals surface area contributed by atoms with Crippen LogP contribution in [0.3, 0.4) is 0 Å². The fourth-order valence-electron chi connectivity index (χ4n) is 2.41. The van der Waals surface area contributed by atoms with Crippen LogP contribution in [0.15, 0.2) is 12.4 Å². The van der Waals surface area contributed by atoms with Gasteiger partial charge in [0.15, 0.2) is 0 Å². The third-order valence-corrected chi connectivity index (χ3v) is 3.70. The molecule has 0 bridgehead atoms. The Morgan fingerprint density at radius 2 is 2.28 bits per heavy atom. The Kier molecular flexibility index (Phi) is 4.36. The summed E-state index contributed by atoms with van der Waals surface area (Å²) >= 11 is 0. The maximum atomic E-state index is 5.86. The van der Waals surface area contributed by atoms with E-state index in [0.29, 0.717) is 12.6 Å². The minimum atomic E-state index is 0.424. The second-order valence-corrected chi connectivity index (χ2v) is 4.83. The molecule has 18 heavy (non-hydrogen) atoms. The summed E-state index contributed by atoms with van der Waals surface area (Å²) in [5.41, 5.74) is 5.86. The molecule has 1 saturated heterocycles.